The summed E-state index contributed by atoms with van der Waals surface area (Å²) in [4.78, 5) is 16.3. The molecule has 24 heavy (non-hydrogen) atoms. The lowest BCUT2D eigenvalue weighted by Crippen LogP contribution is -2.24. The minimum Gasteiger partial charge on any atom is -0.495 e. The van der Waals surface area contributed by atoms with Crippen molar-refractivity contribution >= 4 is 28.9 Å². The van der Waals surface area contributed by atoms with Gasteiger partial charge in [-0.25, -0.2) is 0 Å². The van der Waals surface area contributed by atoms with Crippen molar-refractivity contribution in [3.63, 3.8) is 0 Å². The number of halogens is 1. The zero-order valence-corrected chi connectivity index (χ0v) is 14.7. The second-order valence-corrected chi connectivity index (χ2v) is 5.83. The number of rotatable bonds is 8. The highest BCUT2D eigenvalue weighted by Gasteiger charge is 2.09. The Morgan fingerprint density at radius 1 is 1.25 bits per heavy atom. The molecule has 0 radical (unpaired) electrons. The molecule has 0 spiro atoms. The van der Waals surface area contributed by atoms with E-state index in [0.717, 1.165) is 19.3 Å². The number of pyridine rings is 1. The Labute approximate surface area is 147 Å². The number of carbonyl (C=O) groups excluding carboxylic acids is 1. The number of benzene rings is 1. The second kappa shape index (κ2) is 9.13. The molecule has 0 atom stereocenters. The van der Waals surface area contributed by atoms with E-state index in [-0.39, 0.29) is 5.91 Å². The van der Waals surface area contributed by atoms with Gasteiger partial charge in [-0.1, -0.05) is 31.4 Å². The zero-order chi connectivity index (χ0) is 17.4. The summed E-state index contributed by atoms with van der Waals surface area (Å²) in [5.74, 6) is 0.536. The van der Waals surface area contributed by atoms with Gasteiger partial charge in [-0.2, -0.15) is 0 Å². The van der Waals surface area contributed by atoms with Crippen LogP contribution in [0.5, 0.6) is 5.75 Å². The molecule has 2 N–H and O–H groups in total. The summed E-state index contributed by atoms with van der Waals surface area (Å²) < 4.78 is 5.31. The van der Waals surface area contributed by atoms with Crippen molar-refractivity contribution in [2.24, 2.45) is 0 Å². The molecule has 5 nitrogen and oxygen atoms in total. The third-order valence-electron chi connectivity index (χ3n) is 3.51. The van der Waals surface area contributed by atoms with Crippen molar-refractivity contribution in [2.45, 2.75) is 26.2 Å². The predicted molar refractivity (Wildman–Crippen MR) is 97.4 cm³/mol. The van der Waals surface area contributed by atoms with Crippen molar-refractivity contribution in [1.82, 2.24) is 10.3 Å². The number of nitrogens with one attached hydrogen (secondary N) is 2. The minimum absolute atomic E-state index is 0.125. The van der Waals surface area contributed by atoms with Crippen LogP contribution in [-0.4, -0.2) is 24.5 Å². The number of anilines is 2. The molecular formula is C18H22ClN3O2. The van der Waals surface area contributed by atoms with Crippen molar-refractivity contribution in [3.8, 4) is 5.75 Å². The van der Waals surface area contributed by atoms with E-state index in [4.69, 9.17) is 16.3 Å². The standard InChI is InChI=1S/C18H22ClN3O2/c1-3-4-5-8-21-18(23)13-9-15(12-20-11-13)22-16-10-14(19)6-7-17(16)24-2/h6-7,9-12,22H,3-5,8H2,1-2H3,(H,21,23). The first-order chi connectivity index (χ1) is 11.6. The van der Waals surface area contributed by atoms with Gasteiger partial charge < -0.3 is 15.4 Å². The Morgan fingerprint density at radius 2 is 2.08 bits per heavy atom. The molecule has 1 aromatic heterocycles. The van der Waals surface area contributed by atoms with E-state index in [1.165, 1.54) is 0 Å². The van der Waals surface area contributed by atoms with Crippen molar-refractivity contribution < 1.29 is 9.53 Å². The average Bonchev–Trinajstić information content (AvgIpc) is 2.59. The molecule has 0 bridgehead atoms. The molecule has 6 heteroatoms. The number of ether oxygens (including phenoxy) is 1. The fourth-order valence-corrected chi connectivity index (χ4v) is 2.42. The van der Waals surface area contributed by atoms with Crippen LogP contribution in [0.4, 0.5) is 11.4 Å². The topological polar surface area (TPSA) is 63.2 Å². The van der Waals surface area contributed by atoms with E-state index in [0.29, 0.717) is 34.3 Å². The molecule has 0 fully saturated rings. The Kier molecular flexibility index (Phi) is 6.88. The first-order valence-corrected chi connectivity index (χ1v) is 8.35. The van der Waals surface area contributed by atoms with E-state index in [9.17, 15) is 4.79 Å². The molecule has 1 heterocycles. The van der Waals surface area contributed by atoms with E-state index < -0.39 is 0 Å². The van der Waals surface area contributed by atoms with E-state index in [1.807, 2.05) is 0 Å². The van der Waals surface area contributed by atoms with Gasteiger partial charge in [-0.05, 0) is 30.7 Å². The van der Waals surface area contributed by atoms with Gasteiger partial charge in [-0.3, -0.25) is 9.78 Å². The summed E-state index contributed by atoms with van der Waals surface area (Å²) >= 11 is 6.03. The Balaban J connectivity index is 2.07. The van der Waals surface area contributed by atoms with Crippen LogP contribution >= 0.6 is 11.6 Å². The van der Waals surface area contributed by atoms with Crippen LogP contribution < -0.4 is 15.4 Å². The number of nitrogens with zero attached hydrogens (tertiary/aromatic N) is 1. The lowest BCUT2D eigenvalue weighted by Gasteiger charge is -2.12. The predicted octanol–water partition coefficient (Wildman–Crippen LogP) is 4.41. The fraction of sp³-hybridized carbons (Fsp3) is 0.333. The largest absolute Gasteiger partial charge is 0.495 e. The van der Waals surface area contributed by atoms with Gasteiger partial charge >= 0.3 is 0 Å². The van der Waals surface area contributed by atoms with Crippen molar-refractivity contribution in [2.75, 3.05) is 19.0 Å². The smallest absolute Gasteiger partial charge is 0.252 e. The van der Waals surface area contributed by atoms with Crippen molar-refractivity contribution in [3.05, 3.63) is 47.2 Å². The van der Waals surface area contributed by atoms with Gasteiger partial charge in [0.2, 0.25) is 0 Å². The maximum atomic E-state index is 12.2. The highest BCUT2D eigenvalue weighted by Crippen LogP contribution is 2.30. The quantitative estimate of drug-likeness (QED) is 0.694. The van der Waals surface area contributed by atoms with Gasteiger partial charge in [0.25, 0.3) is 5.91 Å². The molecule has 0 aliphatic rings. The zero-order valence-electron chi connectivity index (χ0n) is 13.9. The number of amides is 1. The van der Waals surface area contributed by atoms with Crippen LogP contribution in [0.25, 0.3) is 0 Å². The second-order valence-electron chi connectivity index (χ2n) is 5.39. The number of hydrogen-bond acceptors (Lipinski definition) is 4. The summed E-state index contributed by atoms with van der Waals surface area (Å²) in [7, 11) is 1.59. The number of unbranched alkanes of at least 4 members (excludes halogenated alkanes) is 2. The first-order valence-electron chi connectivity index (χ1n) is 7.98. The fourth-order valence-electron chi connectivity index (χ4n) is 2.24. The van der Waals surface area contributed by atoms with E-state index >= 15 is 0 Å². The third kappa shape index (κ3) is 5.13. The molecule has 1 amide bonds. The van der Waals surface area contributed by atoms with Crippen LogP contribution in [0, 0.1) is 0 Å². The lowest BCUT2D eigenvalue weighted by atomic mass is 10.2. The highest BCUT2D eigenvalue weighted by atomic mass is 35.5. The molecule has 0 aliphatic heterocycles. The minimum atomic E-state index is -0.125. The Hall–Kier alpha value is -2.27. The van der Waals surface area contributed by atoms with Crippen LogP contribution in [-0.2, 0) is 0 Å². The van der Waals surface area contributed by atoms with Gasteiger partial charge in [0.15, 0.2) is 0 Å². The van der Waals surface area contributed by atoms with E-state index in [2.05, 4.69) is 22.5 Å². The molecule has 0 saturated carbocycles. The van der Waals surface area contributed by atoms with Gasteiger partial charge in [0, 0.05) is 17.8 Å². The van der Waals surface area contributed by atoms with Gasteiger partial charge in [-0.15, -0.1) is 0 Å². The van der Waals surface area contributed by atoms with Crippen LogP contribution in [0.15, 0.2) is 36.7 Å². The van der Waals surface area contributed by atoms with Crippen LogP contribution in [0.1, 0.15) is 36.5 Å². The average molecular weight is 348 g/mol. The molecular weight excluding hydrogens is 326 g/mol. The molecule has 2 aromatic rings. The third-order valence-corrected chi connectivity index (χ3v) is 3.74. The molecule has 1 aromatic carbocycles. The maximum Gasteiger partial charge on any atom is 0.252 e. The summed E-state index contributed by atoms with van der Waals surface area (Å²) in [6.45, 7) is 2.80. The number of methoxy groups -OCH3 is 1. The first kappa shape index (κ1) is 18.1. The molecule has 128 valence electrons. The van der Waals surface area contributed by atoms with Gasteiger partial charge in [0.1, 0.15) is 5.75 Å². The summed E-state index contributed by atoms with van der Waals surface area (Å²) in [6.07, 6.45) is 6.41. The SMILES string of the molecule is CCCCCNC(=O)c1cncc(Nc2cc(Cl)ccc2OC)c1. The summed E-state index contributed by atoms with van der Waals surface area (Å²) in [6, 6.07) is 7.05. The summed E-state index contributed by atoms with van der Waals surface area (Å²) in [5.41, 5.74) is 1.92. The van der Waals surface area contributed by atoms with E-state index in [1.54, 1.807) is 43.8 Å². The lowest BCUT2D eigenvalue weighted by molar-refractivity contribution is 0.0952. The highest BCUT2D eigenvalue weighted by molar-refractivity contribution is 6.31. The monoisotopic (exact) mass is 347 g/mol. The number of carbonyl (C=O) groups is 1. The number of hydrogen-bond donors (Lipinski definition) is 2. The molecule has 0 saturated heterocycles. The number of aromatic nitrogens is 1. The molecule has 0 aliphatic carbocycles. The van der Waals surface area contributed by atoms with Crippen LogP contribution in [0.2, 0.25) is 5.02 Å². The Bertz CT molecular complexity index is 692. The summed E-state index contributed by atoms with van der Waals surface area (Å²) in [5, 5.41) is 6.68. The van der Waals surface area contributed by atoms with Crippen molar-refractivity contribution in [1.29, 1.82) is 0 Å². The molecule has 2 rings (SSSR count). The Morgan fingerprint density at radius 3 is 2.83 bits per heavy atom. The van der Waals surface area contributed by atoms with Gasteiger partial charge in [0.05, 0.1) is 30.2 Å². The van der Waals surface area contributed by atoms with Crippen LogP contribution in [0.3, 0.4) is 0 Å². The molecule has 0 unspecified atom stereocenters. The maximum absolute atomic E-state index is 12.2. The normalized spacial score (nSPS) is 10.3.